The average molecular weight is 496 g/mol. The van der Waals surface area contributed by atoms with Crippen LogP contribution in [0.3, 0.4) is 0 Å². The van der Waals surface area contributed by atoms with Crippen LogP contribution in [-0.2, 0) is 10.0 Å². The van der Waals surface area contributed by atoms with E-state index in [0.717, 1.165) is 0 Å². The summed E-state index contributed by atoms with van der Waals surface area (Å²) in [6.45, 7) is 0. The fourth-order valence-electron chi connectivity index (χ4n) is 3.24. The molecule has 2 aromatic heterocycles. The van der Waals surface area contributed by atoms with Crippen LogP contribution < -0.4 is 10.0 Å². The van der Waals surface area contributed by atoms with Crippen LogP contribution >= 0.6 is 11.6 Å². The molecule has 0 saturated heterocycles. The summed E-state index contributed by atoms with van der Waals surface area (Å²) in [6.07, 6.45) is 0. The maximum Gasteiger partial charge on any atom is 0.278 e. The van der Waals surface area contributed by atoms with Gasteiger partial charge in [-0.25, -0.2) is 8.42 Å². The minimum absolute atomic E-state index is 0.0555. The molecule has 170 valence electrons. The van der Waals surface area contributed by atoms with Crippen molar-refractivity contribution >= 4 is 49.9 Å². The molecule has 2 heterocycles. The Bertz CT molecular complexity index is 1600. The standard InChI is InChI=1S/C21H14ClN7O4S/c22-12-6-8-17(15(10-12)20-24-28-29-25-20)23-21(30)19-16-11-14(7-9-18(16)33-26-19)34(31,32)27-13-4-2-1-3-5-13/h1-11,27H,(H,23,30)(H,24,25,28,29). The number of hydrogen-bond donors (Lipinski definition) is 3. The molecule has 0 aliphatic rings. The summed E-state index contributed by atoms with van der Waals surface area (Å²) in [5.41, 5.74) is 1.33. The fourth-order valence-corrected chi connectivity index (χ4v) is 4.49. The van der Waals surface area contributed by atoms with Gasteiger partial charge in [-0.2, -0.15) is 5.21 Å². The van der Waals surface area contributed by atoms with E-state index in [1.54, 1.807) is 48.5 Å². The number of tetrazole rings is 1. The molecule has 3 aromatic carbocycles. The van der Waals surface area contributed by atoms with Crippen LogP contribution in [0.15, 0.2) is 76.1 Å². The number of para-hydroxylation sites is 1. The van der Waals surface area contributed by atoms with Crippen molar-refractivity contribution in [1.29, 1.82) is 0 Å². The van der Waals surface area contributed by atoms with E-state index in [-0.39, 0.29) is 27.4 Å². The summed E-state index contributed by atoms with van der Waals surface area (Å²) >= 11 is 6.08. The van der Waals surface area contributed by atoms with Crippen molar-refractivity contribution < 1.29 is 17.7 Å². The quantitative estimate of drug-likeness (QED) is 0.322. The minimum atomic E-state index is -3.92. The molecule has 0 spiro atoms. The van der Waals surface area contributed by atoms with E-state index in [0.29, 0.717) is 22.0 Å². The summed E-state index contributed by atoms with van der Waals surface area (Å²) in [5.74, 6) is -0.403. The summed E-state index contributed by atoms with van der Waals surface area (Å²) in [6, 6.07) is 17.3. The molecular weight excluding hydrogens is 482 g/mol. The molecule has 5 aromatic rings. The van der Waals surface area contributed by atoms with E-state index in [2.05, 4.69) is 35.8 Å². The van der Waals surface area contributed by atoms with Crippen LogP contribution in [-0.4, -0.2) is 40.1 Å². The SMILES string of the molecule is O=C(Nc1ccc(Cl)cc1-c1nn[nH]n1)c1noc2ccc(S(=O)(=O)Nc3ccccc3)cc12. The first kappa shape index (κ1) is 21.6. The lowest BCUT2D eigenvalue weighted by Gasteiger charge is -2.09. The maximum absolute atomic E-state index is 13.1. The van der Waals surface area contributed by atoms with E-state index >= 15 is 0 Å². The first-order valence-electron chi connectivity index (χ1n) is 9.73. The number of anilines is 2. The highest BCUT2D eigenvalue weighted by Crippen LogP contribution is 2.30. The number of amides is 1. The Labute approximate surface area is 197 Å². The molecule has 34 heavy (non-hydrogen) atoms. The number of benzene rings is 3. The summed E-state index contributed by atoms with van der Waals surface area (Å²) in [5, 5.41) is 20.9. The van der Waals surface area contributed by atoms with Crippen LogP contribution in [0.25, 0.3) is 22.4 Å². The molecule has 0 atom stereocenters. The lowest BCUT2D eigenvalue weighted by atomic mass is 10.1. The lowest BCUT2D eigenvalue weighted by molar-refractivity contribution is 0.102. The monoisotopic (exact) mass is 495 g/mol. The topological polar surface area (TPSA) is 156 Å². The van der Waals surface area contributed by atoms with Gasteiger partial charge in [-0.15, -0.1) is 10.2 Å². The van der Waals surface area contributed by atoms with Gasteiger partial charge in [0.15, 0.2) is 11.3 Å². The van der Waals surface area contributed by atoms with Gasteiger partial charge in [0.2, 0.25) is 5.82 Å². The molecule has 5 rings (SSSR count). The molecule has 0 aliphatic heterocycles. The van der Waals surface area contributed by atoms with Crippen molar-refractivity contribution in [3.05, 3.63) is 77.4 Å². The van der Waals surface area contributed by atoms with Crippen LogP contribution in [0.5, 0.6) is 0 Å². The summed E-state index contributed by atoms with van der Waals surface area (Å²) < 4.78 is 33.4. The van der Waals surface area contributed by atoms with Gasteiger partial charge in [0.05, 0.1) is 16.0 Å². The zero-order valence-corrected chi connectivity index (χ0v) is 18.6. The molecule has 13 heteroatoms. The largest absolute Gasteiger partial charge is 0.355 e. The second-order valence-electron chi connectivity index (χ2n) is 7.04. The normalized spacial score (nSPS) is 11.4. The molecule has 0 bridgehead atoms. The first-order valence-corrected chi connectivity index (χ1v) is 11.6. The number of H-pyrrole nitrogens is 1. The predicted octanol–water partition coefficient (Wildman–Crippen LogP) is 3.71. The van der Waals surface area contributed by atoms with Crippen LogP contribution in [0.1, 0.15) is 10.5 Å². The van der Waals surface area contributed by atoms with Crippen molar-refractivity contribution in [3.63, 3.8) is 0 Å². The predicted molar refractivity (Wildman–Crippen MR) is 124 cm³/mol. The van der Waals surface area contributed by atoms with Gasteiger partial charge in [0.1, 0.15) is 0 Å². The van der Waals surface area contributed by atoms with Gasteiger partial charge in [-0.3, -0.25) is 9.52 Å². The summed E-state index contributed by atoms with van der Waals surface area (Å²) in [7, 11) is -3.92. The average Bonchev–Trinajstić information content (AvgIpc) is 3.50. The summed E-state index contributed by atoms with van der Waals surface area (Å²) in [4.78, 5) is 13.0. The third kappa shape index (κ3) is 4.19. The van der Waals surface area contributed by atoms with E-state index in [4.69, 9.17) is 16.1 Å². The third-order valence-electron chi connectivity index (χ3n) is 4.81. The Morgan fingerprint density at radius 2 is 1.85 bits per heavy atom. The van der Waals surface area contributed by atoms with E-state index < -0.39 is 15.9 Å². The molecule has 0 radical (unpaired) electrons. The second-order valence-corrected chi connectivity index (χ2v) is 9.16. The van der Waals surface area contributed by atoms with Gasteiger partial charge >= 0.3 is 0 Å². The van der Waals surface area contributed by atoms with Gasteiger partial charge in [-0.05, 0) is 53.7 Å². The Morgan fingerprint density at radius 1 is 1.03 bits per heavy atom. The van der Waals surface area contributed by atoms with Gasteiger partial charge in [0, 0.05) is 16.3 Å². The Kier molecular flexibility index (Phi) is 5.43. The minimum Gasteiger partial charge on any atom is -0.355 e. The van der Waals surface area contributed by atoms with Crippen LogP contribution in [0, 0.1) is 0 Å². The molecule has 3 N–H and O–H groups in total. The van der Waals surface area contributed by atoms with Gasteiger partial charge < -0.3 is 9.84 Å². The zero-order chi connectivity index (χ0) is 23.7. The number of hydrogen-bond acceptors (Lipinski definition) is 8. The molecule has 11 nitrogen and oxygen atoms in total. The first-order chi connectivity index (χ1) is 16.4. The number of carbonyl (C=O) groups is 1. The number of sulfonamides is 1. The Hall–Kier alpha value is -4.29. The van der Waals surface area contributed by atoms with Crippen LogP contribution in [0.2, 0.25) is 5.02 Å². The molecule has 0 fully saturated rings. The number of fused-ring (bicyclic) bond motifs is 1. The highest BCUT2D eigenvalue weighted by atomic mass is 35.5. The number of nitrogens with one attached hydrogen (secondary N) is 3. The van der Waals surface area contributed by atoms with Crippen molar-refractivity contribution in [2.24, 2.45) is 0 Å². The van der Waals surface area contributed by atoms with Crippen molar-refractivity contribution in [2.75, 3.05) is 10.0 Å². The smallest absolute Gasteiger partial charge is 0.278 e. The van der Waals surface area contributed by atoms with Crippen molar-refractivity contribution in [1.82, 2.24) is 25.8 Å². The molecule has 0 unspecified atom stereocenters. The van der Waals surface area contributed by atoms with Gasteiger partial charge in [0.25, 0.3) is 15.9 Å². The van der Waals surface area contributed by atoms with Crippen molar-refractivity contribution in [2.45, 2.75) is 4.90 Å². The second kappa shape index (κ2) is 8.57. The molecule has 0 aliphatic carbocycles. The number of carbonyl (C=O) groups excluding carboxylic acids is 1. The molecular formula is C21H14ClN7O4S. The van der Waals surface area contributed by atoms with E-state index in [1.807, 2.05) is 0 Å². The lowest BCUT2D eigenvalue weighted by Crippen LogP contribution is -2.14. The maximum atomic E-state index is 13.1. The highest BCUT2D eigenvalue weighted by Gasteiger charge is 2.22. The van der Waals surface area contributed by atoms with E-state index in [9.17, 15) is 13.2 Å². The number of halogens is 1. The zero-order valence-electron chi connectivity index (χ0n) is 17.1. The van der Waals surface area contributed by atoms with Crippen molar-refractivity contribution in [3.8, 4) is 11.4 Å². The number of aromatic nitrogens is 5. The third-order valence-corrected chi connectivity index (χ3v) is 6.42. The molecule has 0 saturated carbocycles. The fraction of sp³-hybridized carbons (Fsp3) is 0. The Morgan fingerprint density at radius 3 is 2.62 bits per heavy atom. The Balaban J connectivity index is 1.48. The number of rotatable bonds is 6. The number of nitrogens with zero attached hydrogens (tertiary/aromatic N) is 4. The van der Waals surface area contributed by atoms with Gasteiger partial charge in [-0.1, -0.05) is 35.0 Å². The number of aromatic amines is 1. The van der Waals surface area contributed by atoms with E-state index in [1.165, 1.54) is 18.2 Å². The molecule has 1 amide bonds. The van der Waals surface area contributed by atoms with Crippen LogP contribution in [0.4, 0.5) is 11.4 Å². The highest BCUT2D eigenvalue weighted by molar-refractivity contribution is 7.92.